The van der Waals surface area contributed by atoms with E-state index in [1.165, 1.54) is 127 Å². The maximum absolute atomic E-state index is 2.33. The molecule has 23 aromatic carbocycles. The van der Waals surface area contributed by atoms with Crippen LogP contribution in [0.15, 0.2) is 564 Å². The van der Waals surface area contributed by atoms with Gasteiger partial charge in [0.1, 0.15) is 0 Å². The molecule has 0 spiro atoms. The van der Waals surface area contributed by atoms with Crippen molar-refractivity contribution in [2.75, 3.05) is 50.5 Å². The van der Waals surface area contributed by atoms with E-state index in [4.69, 9.17) is 0 Å². The van der Waals surface area contributed by atoms with Crippen molar-refractivity contribution < 1.29 is 0 Å². The van der Waals surface area contributed by atoms with Gasteiger partial charge in [-0.05, 0) is 298 Å². The van der Waals surface area contributed by atoms with Gasteiger partial charge in [0.2, 0.25) is 0 Å². The second-order valence-corrected chi connectivity index (χ2v) is 35.0. The molecule has 0 saturated carbocycles. The predicted molar refractivity (Wildman–Crippen MR) is 595 cm³/mol. The first kappa shape index (κ1) is 87.5. The first-order valence-electron chi connectivity index (χ1n) is 47.5. The van der Waals surface area contributed by atoms with Crippen LogP contribution in [0.1, 0.15) is 0 Å². The molecule has 664 valence electrons. The maximum atomic E-state index is 2.33. The summed E-state index contributed by atoms with van der Waals surface area (Å²) in [6, 6.07) is 202. The molecule has 6 heteroatoms. The molecule has 0 fully saturated rings. The molecule has 23 rings (SSSR count). The van der Waals surface area contributed by atoms with Crippen LogP contribution >= 0.6 is 0 Å². The van der Waals surface area contributed by atoms with Crippen molar-refractivity contribution in [1.82, 2.24) is 0 Å². The molecule has 0 unspecified atom stereocenters. The van der Waals surface area contributed by atoms with E-state index in [2.05, 4.69) is 615 Å². The van der Waals surface area contributed by atoms with Crippen LogP contribution in [0.3, 0.4) is 0 Å². The Bertz CT molecular complexity index is 7740. The van der Waals surface area contributed by atoms with Crippen LogP contribution in [0.25, 0.3) is 121 Å². The standard InChI is InChI=1S/2C45H34N2.C43H34N2/c1-46(45-43-18-10-8-16-37(43)32-38-17-9-11-19-44(38)45)39-28-30-42(31-29-39)47(40-24-20-35(21-25-40)33-12-4-2-5-13-33)41-26-22-36(23-27-41)34-14-6-3-7-15-34;1-46(45-25-20-39-30-37-14-8-9-15-38(37)31-40(39)32-45)41-26-28-44(29-27-41)47(42-21-16-35(17-22-42)33-10-4-2-5-11-33)43-23-18-36(19-24-43)34-12-6-3-7-13-34;1-44(43-19-11-18-38(32-43)35-16-9-4-10-17-35)39-28-30-42(31-29-39)45(40-24-20-36(21-25-40)33-12-5-2-6-13-33)41-26-22-37(23-27-41)34-14-7-3-8-15-34/h2*2-32H,1H3;2-32H,1H3. The second kappa shape index (κ2) is 40.8. The summed E-state index contributed by atoms with van der Waals surface area (Å²) in [4.78, 5) is 13.8. The number of hydrogen-bond acceptors (Lipinski definition) is 6. The molecule has 0 bridgehead atoms. The predicted octanol–water partition coefficient (Wildman–Crippen LogP) is 37.1. The maximum Gasteiger partial charge on any atom is 0.0567 e. The highest BCUT2D eigenvalue weighted by Crippen LogP contribution is 2.46. The summed E-state index contributed by atoms with van der Waals surface area (Å²) in [5.74, 6) is 0. The lowest BCUT2D eigenvalue weighted by molar-refractivity contribution is 1.20. The lowest BCUT2D eigenvalue weighted by Gasteiger charge is -2.28. The molecule has 6 nitrogen and oxygen atoms in total. The number of rotatable bonds is 22. The lowest BCUT2D eigenvalue weighted by atomic mass is 10.00. The number of benzene rings is 23. The fraction of sp³-hybridized carbons (Fsp3) is 0.0226. The molecular formula is C133H102N6. The van der Waals surface area contributed by atoms with Crippen LogP contribution in [-0.4, -0.2) is 21.1 Å². The largest absolute Gasteiger partial charge is 0.345 e. The number of fused-ring (bicyclic) bond motifs is 4. The van der Waals surface area contributed by atoms with E-state index in [0.29, 0.717) is 0 Å². The topological polar surface area (TPSA) is 19.4 Å². The Labute approximate surface area is 815 Å². The molecule has 23 aromatic rings. The van der Waals surface area contributed by atoms with Gasteiger partial charge in [-0.15, -0.1) is 0 Å². The summed E-state index contributed by atoms with van der Waals surface area (Å²) in [5.41, 5.74) is 33.8. The van der Waals surface area contributed by atoms with E-state index in [1.54, 1.807) is 0 Å². The zero-order valence-electron chi connectivity index (χ0n) is 77.9. The van der Waals surface area contributed by atoms with E-state index in [1.807, 2.05) is 0 Å². The van der Waals surface area contributed by atoms with Gasteiger partial charge >= 0.3 is 0 Å². The summed E-state index contributed by atoms with van der Waals surface area (Å²) in [7, 11) is 6.44. The van der Waals surface area contributed by atoms with Crippen molar-refractivity contribution in [1.29, 1.82) is 0 Å². The summed E-state index contributed by atoms with van der Waals surface area (Å²) in [6.45, 7) is 0. The van der Waals surface area contributed by atoms with Crippen molar-refractivity contribution >= 4 is 128 Å². The van der Waals surface area contributed by atoms with Gasteiger partial charge in [0, 0.05) is 112 Å². The van der Waals surface area contributed by atoms with Gasteiger partial charge < -0.3 is 29.4 Å². The van der Waals surface area contributed by atoms with E-state index in [9.17, 15) is 0 Å². The number of anilines is 15. The third kappa shape index (κ3) is 19.6. The van der Waals surface area contributed by atoms with E-state index >= 15 is 0 Å². The van der Waals surface area contributed by atoms with Gasteiger partial charge in [0.25, 0.3) is 0 Å². The Morgan fingerprint density at radius 3 is 0.583 bits per heavy atom. The highest BCUT2D eigenvalue weighted by Gasteiger charge is 2.22. The Morgan fingerprint density at radius 1 is 0.108 bits per heavy atom. The molecule has 0 atom stereocenters. The number of hydrogen-bond donors (Lipinski definition) is 0. The smallest absolute Gasteiger partial charge is 0.0567 e. The Balaban J connectivity index is 0.000000124. The Kier molecular flexibility index (Phi) is 25.7. The molecule has 0 amide bonds. The quantitative estimate of drug-likeness (QED) is 0.0626. The third-order valence-electron chi connectivity index (χ3n) is 26.4. The average Bonchev–Trinajstić information content (AvgIpc) is 0.759. The van der Waals surface area contributed by atoms with E-state index in [-0.39, 0.29) is 0 Å². The van der Waals surface area contributed by atoms with Crippen LogP contribution in [0.4, 0.5) is 85.3 Å². The molecular weight excluding hydrogens is 1680 g/mol. The fourth-order valence-electron chi connectivity index (χ4n) is 18.9. The van der Waals surface area contributed by atoms with Crippen LogP contribution in [0, 0.1) is 0 Å². The van der Waals surface area contributed by atoms with Crippen LogP contribution in [-0.2, 0) is 0 Å². The molecule has 0 aromatic heterocycles. The van der Waals surface area contributed by atoms with Crippen molar-refractivity contribution in [3.63, 3.8) is 0 Å². The van der Waals surface area contributed by atoms with E-state index < -0.39 is 0 Å². The van der Waals surface area contributed by atoms with Crippen molar-refractivity contribution in [2.45, 2.75) is 0 Å². The van der Waals surface area contributed by atoms with Crippen LogP contribution < -0.4 is 29.4 Å². The average molecular weight is 1780 g/mol. The van der Waals surface area contributed by atoms with Crippen LogP contribution in [0.2, 0.25) is 0 Å². The molecule has 139 heavy (non-hydrogen) atoms. The minimum absolute atomic E-state index is 1.10. The highest BCUT2D eigenvalue weighted by atomic mass is 15.2. The first-order chi connectivity index (χ1) is 68.6. The summed E-state index contributed by atoms with van der Waals surface area (Å²) in [6.07, 6.45) is 0. The lowest BCUT2D eigenvalue weighted by Crippen LogP contribution is -2.12. The van der Waals surface area contributed by atoms with Gasteiger partial charge in [-0.2, -0.15) is 0 Å². The van der Waals surface area contributed by atoms with Crippen molar-refractivity contribution in [3.05, 3.63) is 564 Å². The summed E-state index contributed by atoms with van der Waals surface area (Å²) < 4.78 is 0. The molecule has 0 aliphatic carbocycles. The minimum atomic E-state index is 1.10. The molecule has 0 N–H and O–H groups in total. The molecule has 0 heterocycles. The first-order valence-corrected chi connectivity index (χ1v) is 47.5. The summed E-state index contributed by atoms with van der Waals surface area (Å²) >= 11 is 0. The van der Waals surface area contributed by atoms with Gasteiger partial charge in [0.05, 0.1) is 5.69 Å². The third-order valence-corrected chi connectivity index (χ3v) is 26.4. The highest BCUT2D eigenvalue weighted by molar-refractivity contribution is 6.13. The second-order valence-electron chi connectivity index (χ2n) is 35.0. The van der Waals surface area contributed by atoms with Gasteiger partial charge in [-0.1, -0.05) is 376 Å². The molecule has 0 aliphatic rings. The van der Waals surface area contributed by atoms with E-state index in [0.717, 1.165) is 79.6 Å². The van der Waals surface area contributed by atoms with Gasteiger partial charge in [-0.3, -0.25) is 0 Å². The van der Waals surface area contributed by atoms with Gasteiger partial charge in [-0.25, -0.2) is 0 Å². The zero-order chi connectivity index (χ0) is 93.6. The number of nitrogens with zero attached hydrogens (tertiary/aromatic N) is 6. The van der Waals surface area contributed by atoms with Gasteiger partial charge in [0.15, 0.2) is 0 Å². The van der Waals surface area contributed by atoms with Crippen molar-refractivity contribution in [2.24, 2.45) is 0 Å². The normalized spacial score (nSPS) is 11.0. The van der Waals surface area contributed by atoms with Crippen molar-refractivity contribution in [3.8, 4) is 77.9 Å². The Hall–Kier alpha value is -18.1. The fourth-order valence-corrected chi connectivity index (χ4v) is 18.9. The monoisotopic (exact) mass is 1780 g/mol. The minimum Gasteiger partial charge on any atom is -0.345 e. The molecule has 0 saturated heterocycles. The molecule has 0 radical (unpaired) electrons. The zero-order valence-corrected chi connectivity index (χ0v) is 77.9. The summed E-state index contributed by atoms with van der Waals surface area (Å²) in [5, 5.41) is 10.0. The Morgan fingerprint density at radius 2 is 0.295 bits per heavy atom. The van der Waals surface area contributed by atoms with Crippen LogP contribution in [0.5, 0.6) is 0 Å². The molecule has 0 aliphatic heterocycles. The SMILES string of the molecule is CN(c1ccc(N(c2ccc(-c3ccccc3)cc2)c2ccc(-c3ccccc3)cc2)cc1)c1c2ccccc2cc2ccccc12.CN(c1ccc(N(c2ccc(-c3ccccc3)cc2)c2ccc(-c3ccccc3)cc2)cc1)c1ccc2cc3ccccc3cc2c1.CN(c1ccc(N(c2ccc(-c3ccccc3)cc2)c2ccc(-c3ccccc3)cc2)cc1)c1cccc(-c2ccccc2)c1.